The molecule has 0 saturated heterocycles. The number of benzene rings is 2. The number of nitrogens with one attached hydrogen (secondary N) is 1. The molecule has 0 aromatic heterocycles. The number of hydrogen-bond donors (Lipinski definition) is 2. The average molecular weight is 289 g/mol. The van der Waals surface area contributed by atoms with E-state index in [-0.39, 0.29) is 11.3 Å². The normalized spacial score (nSPS) is 10.2. The average Bonchev–Trinajstić information content (AvgIpc) is 2.47. The lowest BCUT2D eigenvalue weighted by molar-refractivity contribution is 0.0951. The molecular formula is C16H16FNO3. The van der Waals surface area contributed by atoms with Crippen LogP contribution in [0, 0.1) is 5.82 Å². The highest BCUT2D eigenvalue weighted by Crippen LogP contribution is 2.19. The van der Waals surface area contributed by atoms with E-state index in [4.69, 9.17) is 4.74 Å². The van der Waals surface area contributed by atoms with E-state index < -0.39 is 11.7 Å². The SMILES string of the molecule is COc1ccccc1CCNC(=O)c1ccc(F)cc1O. The van der Waals surface area contributed by atoms with Crippen molar-refractivity contribution in [2.45, 2.75) is 6.42 Å². The second-order valence-corrected chi connectivity index (χ2v) is 4.48. The van der Waals surface area contributed by atoms with E-state index in [9.17, 15) is 14.3 Å². The summed E-state index contributed by atoms with van der Waals surface area (Å²) < 4.78 is 18.1. The van der Waals surface area contributed by atoms with Crippen LogP contribution in [0.2, 0.25) is 0 Å². The van der Waals surface area contributed by atoms with Gasteiger partial charge >= 0.3 is 0 Å². The Bertz CT molecular complexity index is 643. The molecule has 1 amide bonds. The van der Waals surface area contributed by atoms with Crippen molar-refractivity contribution in [2.24, 2.45) is 0 Å². The van der Waals surface area contributed by atoms with Crippen LogP contribution in [0.1, 0.15) is 15.9 Å². The van der Waals surface area contributed by atoms with Gasteiger partial charge in [-0.05, 0) is 30.2 Å². The van der Waals surface area contributed by atoms with Crippen LogP contribution < -0.4 is 10.1 Å². The molecule has 0 radical (unpaired) electrons. The topological polar surface area (TPSA) is 58.6 Å². The Morgan fingerprint density at radius 2 is 2.05 bits per heavy atom. The Hall–Kier alpha value is -2.56. The lowest BCUT2D eigenvalue weighted by Crippen LogP contribution is -2.25. The Morgan fingerprint density at radius 1 is 1.29 bits per heavy atom. The van der Waals surface area contributed by atoms with Crippen molar-refractivity contribution in [3.05, 3.63) is 59.4 Å². The lowest BCUT2D eigenvalue weighted by Gasteiger charge is -2.09. The van der Waals surface area contributed by atoms with Crippen molar-refractivity contribution in [3.63, 3.8) is 0 Å². The van der Waals surface area contributed by atoms with Gasteiger partial charge in [-0.1, -0.05) is 18.2 Å². The molecule has 2 rings (SSSR count). The standard InChI is InChI=1S/C16H16FNO3/c1-21-15-5-3-2-4-11(15)8-9-18-16(20)13-7-6-12(17)10-14(13)19/h2-7,10,19H,8-9H2,1H3,(H,18,20). The molecule has 0 aliphatic rings. The van der Waals surface area contributed by atoms with Gasteiger partial charge in [0.2, 0.25) is 0 Å². The van der Waals surface area contributed by atoms with Crippen LogP contribution in [-0.4, -0.2) is 24.7 Å². The van der Waals surface area contributed by atoms with Gasteiger partial charge < -0.3 is 15.2 Å². The zero-order valence-corrected chi connectivity index (χ0v) is 11.6. The third-order valence-corrected chi connectivity index (χ3v) is 3.08. The largest absolute Gasteiger partial charge is 0.507 e. The fourth-order valence-corrected chi connectivity index (χ4v) is 2.01. The van der Waals surface area contributed by atoms with Gasteiger partial charge in [-0.25, -0.2) is 4.39 Å². The number of methoxy groups -OCH3 is 1. The van der Waals surface area contributed by atoms with Crippen molar-refractivity contribution in [2.75, 3.05) is 13.7 Å². The van der Waals surface area contributed by atoms with E-state index in [0.717, 1.165) is 23.4 Å². The summed E-state index contributed by atoms with van der Waals surface area (Å²) in [5.74, 6) is -0.637. The monoisotopic (exact) mass is 289 g/mol. The van der Waals surface area contributed by atoms with E-state index >= 15 is 0 Å². The zero-order chi connectivity index (χ0) is 15.2. The number of phenols is 1. The van der Waals surface area contributed by atoms with Gasteiger partial charge in [0.15, 0.2) is 0 Å². The molecule has 0 fully saturated rings. The zero-order valence-electron chi connectivity index (χ0n) is 11.6. The van der Waals surface area contributed by atoms with Gasteiger partial charge in [-0.2, -0.15) is 0 Å². The van der Waals surface area contributed by atoms with Crippen molar-refractivity contribution < 1.29 is 19.0 Å². The number of phenolic OH excluding ortho intramolecular Hbond substituents is 1. The highest BCUT2D eigenvalue weighted by atomic mass is 19.1. The molecule has 0 aliphatic heterocycles. The number of rotatable bonds is 5. The summed E-state index contributed by atoms with van der Waals surface area (Å²) in [6.45, 7) is 0.385. The maximum absolute atomic E-state index is 12.9. The Kier molecular flexibility index (Phi) is 4.77. The van der Waals surface area contributed by atoms with Gasteiger partial charge in [0.05, 0.1) is 12.7 Å². The van der Waals surface area contributed by atoms with Gasteiger partial charge in [-0.15, -0.1) is 0 Å². The summed E-state index contributed by atoms with van der Waals surface area (Å²) in [6, 6.07) is 10.8. The predicted molar refractivity (Wildman–Crippen MR) is 77.1 cm³/mol. The highest BCUT2D eigenvalue weighted by Gasteiger charge is 2.11. The molecule has 0 heterocycles. The quantitative estimate of drug-likeness (QED) is 0.889. The number of carbonyl (C=O) groups is 1. The first-order valence-corrected chi connectivity index (χ1v) is 6.50. The maximum atomic E-state index is 12.9. The fraction of sp³-hybridized carbons (Fsp3) is 0.188. The van der Waals surface area contributed by atoms with E-state index in [1.165, 1.54) is 6.07 Å². The molecule has 0 aliphatic carbocycles. The van der Waals surface area contributed by atoms with E-state index in [1.807, 2.05) is 24.3 Å². The van der Waals surface area contributed by atoms with Crippen LogP contribution in [-0.2, 0) is 6.42 Å². The van der Waals surface area contributed by atoms with Gasteiger partial charge in [-0.3, -0.25) is 4.79 Å². The molecule has 0 atom stereocenters. The molecule has 4 nitrogen and oxygen atoms in total. The minimum atomic E-state index is -0.585. The number of halogens is 1. The second-order valence-electron chi connectivity index (χ2n) is 4.48. The van der Waals surface area contributed by atoms with Crippen molar-refractivity contribution in [1.82, 2.24) is 5.32 Å². The first-order valence-electron chi connectivity index (χ1n) is 6.50. The summed E-state index contributed by atoms with van der Waals surface area (Å²) in [7, 11) is 1.59. The first-order chi connectivity index (χ1) is 10.1. The summed E-state index contributed by atoms with van der Waals surface area (Å²) in [5.41, 5.74) is 1.03. The Labute approximate surface area is 122 Å². The lowest BCUT2D eigenvalue weighted by atomic mass is 10.1. The van der Waals surface area contributed by atoms with Crippen LogP contribution in [0.3, 0.4) is 0 Å². The molecule has 2 N–H and O–H groups in total. The van der Waals surface area contributed by atoms with Crippen LogP contribution in [0.5, 0.6) is 11.5 Å². The molecule has 5 heteroatoms. The summed E-state index contributed by atoms with van der Waals surface area (Å²) in [4.78, 5) is 11.9. The minimum absolute atomic E-state index is 0.0522. The Balaban J connectivity index is 1.95. The minimum Gasteiger partial charge on any atom is -0.507 e. The Morgan fingerprint density at radius 3 is 2.76 bits per heavy atom. The molecule has 21 heavy (non-hydrogen) atoms. The molecule has 2 aromatic carbocycles. The fourth-order valence-electron chi connectivity index (χ4n) is 2.01. The molecular weight excluding hydrogens is 273 g/mol. The van der Waals surface area contributed by atoms with Crippen LogP contribution in [0.4, 0.5) is 4.39 Å². The smallest absolute Gasteiger partial charge is 0.255 e. The summed E-state index contributed by atoms with van der Waals surface area (Å²) >= 11 is 0. The summed E-state index contributed by atoms with van der Waals surface area (Å²) in [5, 5.41) is 12.2. The van der Waals surface area contributed by atoms with E-state index in [1.54, 1.807) is 7.11 Å². The van der Waals surface area contributed by atoms with Crippen molar-refractivity contribution in [3.8, 4) is 11.5 Å². The van der Waals surface area contributed by atoms with Crippen molar-refractivity contribution in [1.29, 1.82) is 0 Å². The molecule has 2 aromatic rings. The number of hydrogen-bond acceptors (Lipinski definition) is 3. The van der Waals surface area contributed by atoms with Gasteiger partial charge in [0, 0.05) is 12.6 Å². The van der Waals surface area contributed by atoms with Crippen molar-refractivity contribution >= 4 is 5.91 Å². The second kappa shape index (κ2) is 6.74. The molecule has 0 bridgehead atoms. The molecule has 0 unspecified atom stereocenters. The summed E-state index contributed by atoms with van der Waals surface area (Å²) in [6.07, 6.45) is 0.595. The number of amides is 1. The maximum Gasteiger partial charge on any atom is 0.255 e. The molecule has 0 spiro atoms. The third kappa shape index (κ3) is 3.72. The van der Waals surface area contributed by atoms with Gasteiger partial charge in [0.1, 0.15) is 17.3 Å². The number of aromatic hydroxyl groups is 1. The number of carbonyl (C=O) groups excluding carboxylic acids is 1. The molecule has 0 saturated carbocycles. The number of para-hydroxylation sites is 1. The third-order valence-electron chi connectivity index (χ3n) is 3.08. The molecule has 110 valence electrons. The highest BCUT2D eigenvalue weighted by molar-refractivity contribution is 5.96. The number of ether oxygens (including phenoxy) is 1. The predicted octanol–water partition coefficient (Wildman–Crippen LogP) is 2.51. The first kappa shape index (κ1) is 14.8. The van der Waals surface area contributed by atoms with E-state index in [0.29, 0.717) is 13.0 Å². The van der Waals surface area contributed by atoms with Crippen LogP contribution in [0.15, 0.2) is 42.5 Å². The van der Waals surface area contributed by atoms with Crippen LogP contribution >= 0.6 is 0 Å². The van der Waals surface area contributed by atoms with Crippen LogP contribution in [0.25, 0.3) is 0 Å². The van der Waals surface area contributed by atoms with E-state index in [2.05, 4.69) is 5.32 Å². The van der Waals surface area contributed by atoms with Gasteiger partial charge in [0.25, 0.3) is 5.91 Å².